The van der Waals surface area contributed by atoms with E-state index < -0.39 is 23.9 Å². The van der Waals surface area contributed by atoms with Gasteiger partial charge in [0.15, 0.2) is 0 Å². The molecular weight excluding hydrogens is 252 g/mol. The molecule has 1 aromatic rings. The summed E-state index contributed by atoms with van der Waals surface area (Å²) < 4.78 is 4.82. The fraction of sp³-hybridized carbons (Fsp3) is 0.250. The van der Waals surface area contributed by atoms with E-state index in [1.165, 1.54) is 0 Å². The van der Waals surface area contributed by atoms with E-state index in [4.69, 9.17) is 15.6 Å². The lowest BCUT2D eigenvalue weighted by molar-refractivity contribution is -0.157. The van der Waals surface area contributed by atoms with Gasteiger partial charge in [0, 0.05) is 12.6 Å². The maximum absolute atomic E-state index is 11.5. The molecule has 1 unspecified atom stereocenters. The number of carbonyl (C=O) groups excluding carboxylic acids is 2. The molecule has 1 atom stereocenters. The van der Waals surface area contributed by atoms with Crippen molar-refractivity contribution >= 4 is 23.5 Å². The van der Waals surface area contributed by atoms with Gasteiger partial charge in [-0.3, -0.25) is 4.79 Å². The van der Waals surface area contributed by atoms with Gasteiger partial charge in [-0.25, -0.2) is 9.59 Å². The van der Waals surface area contributed by atoms with Gasteiger partial charge < -0.3 is 20.9 Å². The molecule has 0 radical (unpaired) electrons. The fourth-order valence-corrected chi connectivity index (χ4v) is 1.35. The molecule has 0 spiro atoms. The van der Waals surface area contributed by atoms with Gasteiger partial charge >= 0.3 is 11.9 Å². The molecule has 7 heteroatoms. The SMILES string of the molecule is CC(=O)NC(C(=O)O)C(=O)OCc1cccc(N)c1. The molecule has 0 aliphatic heterocycles. The Balaban J connectivity index is 2.62. The number of carbonyl (C=O) groups is 3. The van der Waals surface area contributed by atoms with Gasteiger partial charge in [-0.15, -0.1) is 0 Å². The average molecular weight is 266 g/mol. The van der Waals surface area contributed by atoms with E-state index in [1.807, 2.05) is 5.32 Å². The number of nitrogens with two attached hydrogens (primary N) is 1. The molecule has 0 bridgehead atoms. The van der Waals surface area contributed by atoms with Crippen LogP contribution in [0, 0.1) is 0 Å². The highest BCUT2D eigenvalue weighted by Gasteiger charge is 2.28. The number of rotatable bonds is 5. The number of aliphatic carboxylic acids is 1. The third kappa shape index (κ3) is 4.66. The molecule has 0 saturated carbocycles. The molecule has 4 N–H and O–H groups in total. The van der Waals surface area contributed by atoms with Gasteiger partial charge in [-0.05, 0) is 17.7 Å². The van der Waals surface area contributed by atoms with Crippen LogP contribution in [0.25, 0.3) is 0 Å². The molecule has 0 aliphatic rings. The van der Waals surface area contributed by atoms with Crippen molar-refractivity contribution in [3.05, 3.63) is 29.8 Å². The first kappa shape index (κ1) is 14.5. The summed E-state index contributed by atoms with van der Waals surface area (Å²) in [4.78, 5) is 33.1. The van der Waals surface area contributed by atoms with E-state index in [9.17, 15) is 14.4 Å². The number of amides is 1. The van der Waals surface area contributed by atoms with E-state index in [-0.39, 0.29) is 6.61 Å². The van der Waals surface area contributed by atoms with Crippen LogP contribution >= 0.6 is 0 Å². The first-order valence-electron chi connectivity index (χ1n) is 5.41. The lowest BCUT2D eigenvalue weighted by atomic mass is 10.2. The normalized spacial score (nSPS) is 11.4. The predicted molar refractivity (Wildman–Crippen MR) is 65.9 cm³/mol. The van der Waals surface area contributed by atoms with Crippen LogP contribution in [-0.4, -0.2) is 29.0 Å². The second-order valence-corrected chi connectivity index (χ2v) is 3.82. The summed E-state index contributed by atoms with van der Waals surface area (Å²) in [6.45, 7) is 0.994. The molecule has 7 nitrogen and oxygen atoms in total. The summed E-state index contributed by atoms with van der Waals surface area (Å²) in [6.07, 6.45) is 0. The lowest BCUT2D eigenvalue weighted by Crippen LogP contribution is -2.46. The van der Waals surface area contributed by atoms with Crippen LogP contribution in [0.5, 0.6) is 0 Å². The van der Waals surface area contributed by atoms with Gasteiger partial charge in [-0.2, -0.15) is 0 Å². The molecule has 0 saturated heterocycles. The van der Waals surface area contributed by atoms with E-state index in [2.05, 4.69) is 0 Å². The van der Waals surface area contributed by atoms with Gasteiger partial charge in [0.2, 0.25) is 11.9 Å². The number of hydrogen-bond donors (Lipinski definition) is 3. The molecule has 1 rings (SSSR count). The number of nitrogens with one attached hydrogen (secondary N) is 1. The number of esters is 1. The molecule has 0 fully saturated rings. The first-order valence-corrected chi connectivity index (χ1v) is 5.41. The number of carboxylic acid groups (broad SMARTS) is 1. The van der Waals surface area contributed by atoms with Crippen molar-refractivity contribution in [3.63, 3.8) is 0 Å². The first-order chi connectivity index (χ1) is 8.90. The monoisotopic (exact) mass is 266 g/mol. The third-order valence-corrected chi connectivity index (χ3v) is 2.16. The average Bonchev–Trinajstić information content (AvgIpc) is 2.32. The van der Waals surface area contributed by atoms with Crippen LogP contribution in [0.2, 0.25) is 0 Å². The molecule has 19 heavy (non-hydrogen) atoms. The summed E-state index contributed by atoms with van der Waals surface area (Å²) in [6, 6.07) is 4.92. The van der Waals surface area contributed by atoms with Crippen molar-refractivity contribution < 1.29 is 24.2 Å². The maximum atomic E-state index is 11.5. The molecule has 0 heterocycles. The van der Waals surface area contributed by atoms with Crippen molar-refractivity contribution in [1.82, 2.24) is 5.32 Å². The molecule has 102 valence electrons. The molecule has 0 aromatic heterocycles. The Labute approximate surface area is 109 Å². The molecular formula is C12H14N2O5. The van der Waals surface area contributed by atoms with Crippen LogP contribution in [0.15, 0.2) is 24.3 Å². The molecule has 0 aliphatic carbocycles. The van der Waals surface area contributed by atoms with Gasteiger partial charge in [-0.1, -0.05) is 12.1 Å². The number of hydrogen-bond acceptors (Lipinski definition) is 5. The van der Waals surface area contributed by atoms with Crippen LogP contribution in [0.4, 0.5) is 5.69 Å². The van der Waals surface area contributed by atoms with Gasteiger partial charge in [0.25, 0.3) is 0 Å². The Bertz CT molecular complexity index is 501. The summed E-state index contributed by atoms with van der Waals surface area (Å²) in [5.74, 6) is -3.15. The van der Waals surface area contributed by atoms with Gasteiger partial charge in [0.1, 0.15) is 6.61 Å². The smallest absolute Gasteiger partial charge is 0.340 e. The number of ether oxygens (including phenoxy) is 1. The lowest BCUT2D eigenvalue weighted by Gasteiger charge is -2.12. The highest BCUT2D eigenvalue weighted by molar-refractivity contribution is 6.01. The number of benzene rings is 1. The Kier molecular flexibility index (Phi) is 4.87. The van der Waals surface area contributed by atoms with Crippen molar-refractivity contribution in [3.8, 4) is 0 Å². The summed E-state index contributed by atoms with van der Waals surface area (Å²) >= 11 is 0. The summed E-state index contributed by atoms with van der Waals surface area (Å²) in [7, 11) is 0. The molecule has 1 amide bonds. The largest absolute Gasteiger partial charge is 0.479 e. The minimum atomic E-state index is -1.71. The zero-order chi connectivity index (χ0) is 14.4. The second-order valence-electron chi connectivity index (χ2n) is 3.82. The van der Waals surface area contributed by atoms with Crippen LogP contribution in [-0.2, 0) is 25.7 Å². The highest BCUT2D eigenvalue weighted by atomic mass is 16.5. The summed E-state index contributed by atoms with van der Waals surface area (Å²) in [5, 5.41) is 10.8. The quantitative estimate of drug-likeness (QED) is 0.389. The Hall–Kier alpha value is -2.57. The Morgan fingerprint density at radius 2 is 2.11 bits per heavy atom. The number of carboxylic acids is 1. The van der Waals surface area contributed by atoms with E-state index >= 15 is 0 Å². The zero-order valence-electron chi connectivity index (χ0n) is 10.3. The van der Waals surface area contributed by atoms with E-state index in [1.54, 1.807) is 24.3 Å². The minimum absolute atomic E-state index is 0.118. The topological polar surface area (TPSA) is 119 Å². The number of nitrogen functional groups attached to an aromatic ring is 1. The van der Waals surface area contributed by atoms with E-state index in [0.717, 1.165) is 6.92 Å². The fourth-order valence-electron chi connectivity index (χ4n) is 1.35. The highest BCUT2D eigenvalue weighted by Crippen LogP contribution is 2.08. The minimum Gasteiger partial charge on any atom is -0.479 e. The Morgan fingerprint density at radius 1 is 1.42 bits per heavy atom. The van der Waals surface area contributed by atoms with Gasteiger partial charge in [0.05, 0.1) is 0 Å². The standard InChI is InChI=1S/C12H14N2O5/c1-7(15)14-10(11(16)17)12(18)19-6-8-3-2-4-9(13)5-8/h2-5,10H,6,13H2,1H3,(H,14,15)(H,16,17). The van der Waals surface area contributed by atoms with Crippen molar-refractivity contribution in [1.29, 1.82) is 0 Å². The summed E-state index contributed by atoms with van der Waals surface area (Å²) in [5.41, 5.74) is 6.68. The maximum Gasteiger partial charge on any atom is 0.340 e. The Morgan fingerprint density at radius 3 is 2.63 bits per heavy atom. The van der Waals surface area contributed by atoms with Crippen LogP contribution in [0.3, 0.4) is 0 Å². The van der Waals surface area contributed by atoms with E-state index in [0.29, 0.717) is 11.3 Å². The van der Waals surface area contributed by atoms with Crippen LogP contribution in [0.1, 0.15) is 12.5 Å². The van der Waals surface area contributed by atoms with Crippen LogP contribution < -0.4 is 11.1 Å². The van der Waals surface area contributed by atoms with Crippen molar-refractivity contribution in [2.75, 3.05) is 5.73 Å². The second kappa shape index (κ2) is 6.39. The van der Waals surface area contributed by atoms with Crippen molar-refractivity contribution in [2.45, 2.75) is 19.6 Å². The predicted octanol–water partition coefficient (Wildman–Crippen LogP) is -0.0987. The molecule has 1 aromatic carbocycles. The third-order valence-electron chi connectivity index (χ3n) is 2.16. The zero-order valence-corrected chi connectivity index (χ0v) is 10.3. The van der Waals surface area contributed by atoms with Crippen molar-refractivity contribution in [2.24, 2.45) is 0 Å². The number of anilines is 1.